The van der Waals surface area contributed by atoms with Crippen LogP contribution in [0.2, 0.25) is 0 Å². The van der Waals surface area contributed by atoms with Crippen LogP contribution < -0.4 is 5.32 Å². The number of carbonyl (C=O) groups excluding carboxylic acids is 1. The number of aromatic nitrogens is 2. The molecule has 0 aliphatic rings. The minimum absolute atomic E-state index is 0.0993. The number of aryl methyl sites for hydroxylation is 1. The molecule has 134 valence electrons. The first-order valence-corrected chi connectivity index (χ1v) is 8.94. The molecule has 0 amide bonds. The number of esters is 1. The molecule has 0 aromatic carbocycles. The number of anilines is 1. The summed E-state index contributed by atoms with van der Waals surface area (Å²) in [7, 11) is 1.37. The molecule has 0 unspecified atom stereocenters. The van der Waals surface area contributed by atoms with Gasteiger partial charge in [0, 0.05) is 24.8 Å². The highest BCUT2D eigenvalue weighted by atomic mass is 32.1. The van der Waals surface area contributed by atoms with Gasteiger partial charge in [-0.25, -0.2) is 4.79 Å². The average molecular weight is 361 g/mol. The van der Waals surface area contributed by atoms with Crippen LogP contribution in [0, 0.1) is 17.3 Å². The number of hydrogen-bond donors (Lipinski definition) is 1. The fourth-order valence-corrected chi connectivity index (χ4v) is 2.82. The molecule has 0 saturated carbocycles. The molecule has 7 heteroatoms. The lowest BCUT2D eigenvalue weighted by Crippen LogP contribution is -2.08. The smallest absolute Gasteiger partial charge is 0.350 e. The fraction of sp³-hybridized carbons (Fsp3) is 0.500. The highest BCUT2D eigenvalue weighted by Crippen LogP contribution is 2.28. The van der Waals surface area contributed by atoms with Crippen LogP contribution in [0.15, 0.2) is 10.6 Å². The maximum atomic E-state index is 12.0. The largest absolute Gasteiger partial charge is 0.465 e. The third kappa shape index (κ3) is 5.61. The highest BCUT2D eigenvalue weighted by molar-refractivity contribution is 7.15. The summed E-state index contributed by atoms with van der Waals surface area (Å²) in [6.07, 6.45) is 1.32. The predicted octanol–water partition coefficient (Wildman–Crippen LogP) is 3.53. The number of hydrogen-bond acceptors (Lipinski definition) is 7. The van der Waals surface area contributed by atoms with Crippen LogP contribution in [0.3, 0.4) is 0 Å². The topological polar surface area (TPSA) is 77.2 Å². The number of methoxy groups -OCH3 is 1. The Morgan fingerprint density at radius 2 is 2.20 bits per heavy atom. The lowest BCUT2D eigenvalue weighted by Gasteiger charge is -2.06. The van der Waals surface area contributed by atoms with E-state index >= 15 is 0 Å². The van der Waals surface area contributed by atoms with Gasteiger partial charge in [0.05, 0.1) is 17.7 Å². The van der Waals surface area contributed by atoms with E-state index in [2.05, 4.69) is 27.3 Å². The van der Waals surface area contributed by atoms with Gasteiger partial charge in [0.2, 0.25) is 5.89 Å². The molecular weight excluding hydrogens is 338 g/mol. The lowest BCUT2D eigenvalue weighted by atomic mass is 9.98. The predicted molar refractivity (Wildman–Crippen MR) is 97.9 cm³/mol. The molecule has 0 aliphatic carbocycles. The van der Waals surface area contributed by atoms with Crippen molar-refractivity contribution in [2.45, 2.75) is 40.5 Å². The van der Waals surface area contributed by atoms with Crippen molar-refractivity contribution in [3.05, 3.63) is 27.5 Å². The van der Waals surface area contributed by atoms with E-state index in [4.69, 9.17) is 9.26 Å². The van der Waals surface area contributed by atoms with E-state index in [0.29, 0.717) is 35.2 Å². The van der Waals surface area contributed by atoms with Gasteiger partial charge in [-0.05, 0) is 26.8 Å². The zero-order valence-electron chi connectivity index (χ0n) is 15.2. The third-order valence-corrected chi connectivity index (χ3v) is 4.17. The molecule has 0 atom stereocenters. The van der Waals surface area contributed by atoms with E-state index in [1.54, 1.807) is 0 Å². The summed E-state index contributed by atoms with van der Waals surface area (Å²) < 4.78 is 10.0. The molecule has 6 nitrogen and oxygen atoms in total. The maximum Gasteiger partial charge on any atom is 0.350 e. The summed E-state index contributed by atoms with van der Waals surface area (Å²) in [5.41, 5.74) is 0.614. The van der Waals surface area contributed by atoms with Crippen molar-refractivity contribution in [1.82, 2.24) is 10.1 Å². The summed E-state index contributed by atoms with van der Waals surface area (Å²) in [5.74, 6) is 7.20. The Morgan fingerprint density at radius 1 is 1.44 bits per heavy atom. The molecule has 2 rings (SSSR count). The number of rotatable bonds is 6. The minimum Gasteiger partial charge on any atom is -0.465 e. The van der Waals surface area contributed by atoms with E-state index in [1.165, 1.54) is 18.4 Å². The van der Waals surface area contributed by atoms with Gasteiger partial charge in [-0.1, -0.05) is 23.9 Å². The van der Waals surface area contributed by atoms with Crippen molar-refractivity contribution in [2.75, 3.05) is 19.0 Å². The minimum atomic E-state index is -0.373. The van der Waals surface area contributed by atoms with Crippen LogP contribution >= 0.6 is 11.3 Å². The summed E-state index contributed by atoms with van der Waals surface area (Å²) >= 11 is 1.32. The van der Waals surface area contributed by atoms with E-state index < -0.39 is 0 Å². The van der Waals surface area contributed by atoms with E-state index in [9.17, 15) is 4.79 Å². The Balaban J connectivity index is 2.10. The van der Waals surface area contributed by atoms with Gasteiger partial charge in [-0.15, -0.1) is 11.3 Å². The third-order valence-electron chi connectivity index (χ3n) is 3.14. The number of nitrogens with one attached hydrogen (secondary N) is 1. The van der Waals surface area contributed by atoms with E-state index in [0.717, 1.165) is 11.3 Å². The molecular formula is C18H23N3O3S. The summed E-state index contributed by atoms with van der Waals surface area (Å²) in [4.78, 5) is 17.6. The quantitative estimate of drug-likeness (QED) is 0.626. The summed E-state index contributed by atoms with van der Waals surface area (Å²) in [6, 6.07) is 1.88. The van der Waals surface area contributed by atoms with Crippen molar-refractivity contribution in [2.24, 2.45) is 5.41 Å². The van der Waals surface area contributed by atoms with Gasteiger partial charge in [-0.3, -0.25) is 0 Å². The van der Waals surface area contributed by atoms with Gasteiger partial charge in [0.1, 0.15) is 4.88 Å². The molecule has 25 heavy (non-hydrogen) atoms. The molecule has 0 aliphatic heterocycles. The van der Waals surface area contributed by atoms with Crippen molar-refractivity contribution in [3.63, 3.8) is 0 Å². The molecule has 2 heterocycles. The SMILES string of the molecule is CCc1noc(CCNc2cc(C#CC(C)(C)C)sc2C(=O)OC)n1. The van der Waals surface area contributed by atoms with E-state index in [1.807, 2.05) is 33.8 Å². The molecule has 0 fully saturated rings. The molecule has 1 N–H and O–H groups in total. The average Bonchev–Trinajstić information content (AvgIpc) is 3.18. The highest BCUT2D eigenvalue weighted by Gasteiger charge is 2.17. The standard InChI is InChI=1S/C18H23N3O3S/c1-6-14-20-15(24-21-14)8-10-19-13-11-12(7-9-18(2,3)4)25-16(13)17(22)23-5/h11,19H,6,8,10H2,1-5H3. The monoisotopic (exact) mass is 361 g/mol. The molecule has 0 radical (unpaired) electrons. The first-order valence-electron chi connectivity index (χ1n) is 8.13. The van der Waals surface area contributed by atoms with E-state index in [-0.39, 0.29) is 11.4 Å². The Kier molecular flexibility index (Phi) is 6.21. The van der Waals surface area contributed by atoms with Crippen LogP contribution in [-0.2, 0) is 17.6 Å². The molecule has 0 spiro atoms. The van der Waals surface area contributed by atoms with Crippen molar-refractivity contribution in [1.29, 1.82) is 0 Å². The normalized spacial score (nSPS) is 10.9. The molecule has 0 bridgehead atoms. The van der Waals surface area contributed by atoms with Gasteiger partial charge < -0.3 is 14.6 Å². The molecule has 0 saturated heterocycles. The van der Waals surface area contributed by atoms with Gasteiger partial charge in [0.25, 0.3) is 0 Å². The van der Waals surface area contributed by atoms with Crippen molar-refractivity contribution >= 4 is 23.0 Å². The van der Waals surface area contributed by atoms with Gasteiger partial charge >= 0.3 is 5.97 Å². The van der Waals surface area contributed by atoms with Crippen molar-refractivity contribution in [3.8, 4) is 11.8 Å². The van der Waals surface area contributed by atoms with Gasteiger partial charge in [-0.2, -0.15) is 4.98 Å². The lowest BCUT2D eigenvalue weighted by molar-refractivity contribution is 0.0607. The number of ether oxygens (including phenoxy) is 1. The second kappa shape index (κ2) is 8.17. The second-order valence-electron chi connectivity index (χ2n) is 6.48. The number of carbonyl (C=O) groups is 1. The van der Waals surface area contributed by atoms with Crippen LogP contribution in [0.5, 0.6) is 0 Å². The van der Waals surface area contributed by atoms with Crippen LogP contribution in [0.1, 0.15) is 54.0 Å². The number of nitrogens with zero attached hydrogens (tertiary/aromatic N) is 2. The summed E-state index contributed by atoms with van der Waals surface area (Å²) in [5, 5.41) is 7.10. The van der Waals surface area contributed by atoms with Crippen LogP contribution in [0.25, 0.3) is 0 Å². The zero-order chi connectivity index (χ0) is 18.4. The fourth-order valence-electron chi connectivity index (χ4n) is 1.92. The first-order chi connectivity index (χ1) is 11.8. The second-order valence-corrected chi connectivity index (χ2v) is 7.53. The Morgan fingerprint density at radius 3 is 2.80 bits per heavy atom. The Labute approximate surface area is 152 Å². The number of thiophene rings is 1. The van der Waals surface area contributed by atoms with Gasteiger partial charge in [0.15, 0.2) is 5.82 Å². The van der Waals surface area contributed by atoms with Crippen LogP contribution in [-0.4, -0.2) is 29.8 Å². The Hall–Kier alpha value is -2.33. The molecule has 2 aromatic heterocycles. The maximum absolute atomic E-state index is 12.0. The first kappa shape index (κ1) is 19.0. The molecule has 2 aromatic rings. The zero-order valence-corrected chi connectivity index (χ0v) is 16.0. The summed E-state index contributed by atoms with van der Waals surface area (Å²) in [6.45, 7) is 8.67. The van der Waals surface area contributed by atoms with Crippen molar-refractivity contribution < 1.29 is 14.1 Å². The van der Waals surface area contributed by atoms with Crippen LogP contribution in [0.4, 0.5) is 5.69 Å². The Bertz CT molecular complexity index is 791.